The molecule has 0 unspecified atom stereocenters. The van der Waals surface area contributed by atoms with Crippen LogP contribution in [0, 0.1) is 5.82 Å². The summed E-state index contributed by atoms with van der Waals surface area (Å²) in [7, 11) is 1.57. The van der Waals surface area contributed by atoms with Gasteiger partial charge in [-0.15, -0.1) is 0 Å². The fourth-order valence-electron chi connectivity index (χ4n) is 4.35. The molecule has 35 heavy (non-hydrogen) atoms. The topological polar surface area (TPSA) is 74.4 Å². The van der Waals surface area contributed by atoms with E-state index in [0.717, 1.165) is 22.0 Å². The van der Waals surface area contributed by atoms with Crippen LogP contribution in [0.3, 0.4) is 0 Å². The average molecular weight is 470 g/mol. The number of anilines is 1. The van der Waals surface area contributed by atoms with Gasteiger partial charge in [0.05, 0.1) is 18.4 Å². The minimum Gasteiger partial charge on any atom is -0.497 e. The Hall–Kier alpha value is -4.39. The number of ether oxygens (including phenoxy) is 1. The molecule has 4 aromatic rings. The molecule has 2 amide bonds. The van der Waals surface area contributed by atoms with Gasteiger partial charge in [0.1, 0.15) is 11.6 Å². The SMILES string of the molecule is COc1ccc(C(=O)Nc2ccccc2C(=O)N2CC=C(c3c[nH]c4cc(F)ccc34)CC2)cc1. The predicted octanol–water partition coefficient (Wildman–Crippen LogP) is 5.50. The third-order valence-corrected chi connectivity index (χ3v) is 6.24. The van der Waals surface area contributed by atoms with Gasteiger partial charge in [-0.2, -0.15) is 0 Å². The first-order chi connectivity index (χ1) is 17.0. The highest BCUT2D eigenvalue weighted by molar-refractivity contribution is 6.09. The zero-order chi connectivity index (χ0) is 24.4. The number of carbonyl (C=O) groups excluding carboxylic acids is 2. The van der Waals surface area contributed by atoms with E-state index in [9.17, 15) is 14.0 Å². The van der Waals surface area contributed by atoms with Gasteiger partial charge in [-0.25, -0.2) is 4.39 Å². The number of rotatable bonds is 5. The number of benzene rings is 3. The largest absolute Gasteiger partial charge is 0.497 e. The quantitative estimate of drug-likeness (QED) is 0.406. The number of aromatic nitrogens is 1. The molecule has 6 nitrogen and oxygen atoms in total. The zero-order valence-corrected chi connectivity index (χ0v) is 19.2. The summed E-state index contributed by atoms with van der Waals surface area (Å²) in [5.74, 6) is -0.0658. The van der Waals surface area contributed by atoms with Crippen molar-refractivity contribution < 1.29 is 18.7 Å². The number of hydrogen-bond acceptors (Lipinski definition) is 3. The van der Waals surface area contributed by atoms with Gasteiger partial charge in [0, 0.05) is 41.3 Å². The number of H-pyrrole nitrogens is 1. The summed E-state index contributed by atoms with van der Waals surface area (Å²) in [5.41, 5.74) is 4.27. The third-order valence-electron chi connectivity index (χ3n) is 6.24. The number of halogens is 1. The summed E-state index contributed by atoms with van der Waals surface area (Å²) in [5, 5.41) is 3.82. The first kappa shape index (κ1) is 22.4. The Balaban J connectivity index is 1.32. The molecule has 0 bridgehead atoms. The van der Waals surface area contributed by atoms with Crippen LogP contribution < -0.4 is 10.1 Å². The second-order valence-electron chi connectivity index (χ2n) is 8.35. The minimum atomic E-state index is -0.301. The molecule has 3 aromatic carbocycles. The summed E-state index contributed by atoms with van der Waals surface area (Å²) in [6, 6.07) is 18.5. The molecule has 176 valence electrons. The van der Waals surface area contributed by atoms with Crippen LogP contribution in [-0.4, -0.2) is 41.9 Å². The summed E-state index contributed by atoms with van der Waals surface area (Å²) in [4.78, 5) is 31.0. The highest BCUT2D eigenvalue weighted by atomic mass is 19.1. The molecule has 0 fully saturated rings. The number of hydrogen-bond donors (Lipinski definition) is 2. The first-order valence-corrected chi connectivity index (χ1v) is 11.3. The molecular weight excluding hydrogens is 445 g/mol. The van der Waals surface area contributed by atoms with E-state index in [1.165, 1.54) is 12.1 Å². The van der Waals surface area contributed by atoms with Crippen LogP contribution in [0.4, 0.5) is 10.1 Å². The number of amides is 2. The van der Waals surface area contributed by atoms with E-state index < -0.39 is 0 Å². The molecule has 1 aromatic heterocycles. The number of carbonyl (C=O) groups is 2. The lowest BCUT2D eigenvalue weighted by atomic mass is 9.98. The standard InChI is InChI=1S/C28H24FN3O3/c1-35-21-9-6-19(7-10-21)27(33)31-25-5-3-2-4-23(25)28(34)32-14-12-18(13-15-32)24-17-30-26-16-20(29)8-11-22(24)26/h2-12,16-17,30H,13-15H2,1H3,(H,31,33). The maximum absolute atomic E-state index is 13.5. The Morgan fingerprint density at radius 1 is 1.06 bits per heavy atom. The maximum Gasteiger partial charge on any atom is 0.256 e. The maximum atomic E-state index is 13.5. The Labute approximate surface area is 202 Å². The Morgan fingerprint density at radius 2 is 1.86 bits per heavy atom. The molecule has 0 saturated carbocycles. The van der Waals surface area contributed by atoms with Crippen LogP contribution in [0.15, 0.2) is 79.0 Å². The lowest BCUT2D eigenvalue weighted by Crippen LogP contribution is -2.35. The van der Waals surface area contributed by atoms with E-state index in [4.69, 9.17) is 4.74 Å². The summed E-state index contributed by atoms with van der Waals surface area (Å²) >= 11 is 0. The first-order valence-electron chi connectivity index (χ1n) is 11.3. The number of aromatic amines is 1. The molecule has 2 N–H and O–H groups in total. The van der Waals surface area contributed by atoms with Crippen molar-refractivity contribution in [1.29, 1.82) is 0 Å². The van der Waals surface area contributed by atoms with Crippen molar-refractivity contribution in [2.45, 2.75) is 6.42 Å². The zero-order valence-electron chi connectivity index (χ0n) is 19.2. The van der Waals surface area contributed by atoms with Gasteiger partial charge < -0.3 is 19.9 Å². The molecule has 2 heterocycles. The molecule has 5 rings (SSSR count). The van der Waals surface area contributed by atoms with Gasteiger partial charge in [0.15, 0.2) is 0 Å². The Kier molecular flexibility index (Phi) is 6.06. The number of para-hydroxylation sites is 1. The summed E-state index contributed by atoms with van der Waals surface area (Å²) in [6.07, 6.45) is 4.60. The van der Waals surface area contributed by atoms with Crippen LogP contribution in [0.1, 0.15) is 32.7 Å². The highest BCUT2D eigenvalue weighted by Gasteiger charge is 2.23. The van der Waals surface area contributed by atoms with Crippen molar-refractivity contribution in [1.82, 2.24) is 9.88 Å². The monoisotopic (exact) mass is 469 g/mol. The van der Waals surface area contributed by atoms with Gasteiger partial charge in [0.2, 0.25) is 0 Å². The van der Waals surface area contributed by atoms with Crippen LogP contribution >= 0.6 is 0 Å². The lowest BCUT2D eigenvalue weighted by Gasteiger charge is -2.27. The van der Waals surface area contributed by atoms with Gasteiger partial charge >= 0.3 is 0 Å². The molecule has 1 aliphatic heterocycles. The number of fused-ring (bicyclic) bond motifs is 1. The van der Waals surface area contributed by atoms with Crippen molar-refractivity contribution in [3.05, 3.63) is 102 Å². The molecule has 0 atom stereocenters. The molecule has 7 heteroatoms. The van der Waals surface area contributed by atoms with Gasteiger partial charge in [0.25, 0.3) is 11.8 Å². The molecular formula is C28H24FN3O3. The fourth-order valence-corrected chi connectivity index (χ4v) is 4.35. The van der Waals surface area contributed by atoms with Crippen LogP contribution in [0.2, 0.25) is 0 Å². The van der Waals surface area contributed by atoms with Crippen molar-refractivity contribution in [3.8, 4) is 5.75 Å². The Morgan fingerprint density at radius 3 is 2.60 bits per heavy atom. The normalized spacial score (nSPS) is 13.4. The molecule has 0 radical (unpaired) electrons. The summed E-state index contributed by atoms with van der Waals surface area (Å²) < 4.78 is 18.7. The summed E-state index contributed by atoms with van der Waals surface area (Å²) in [6.45, 7) is 0.988. The van der Waals surface area contributed by atoms with Crippen LogP contribution in [-0.2, 0) is 0 Å². The number of methoxy groups -OCH3 is 1. The fraction of sp³-hybridized carbons (Fsp3) is 0.143. The molecule has 1 aliphatic rings. The average Bonchev–Trinajstić information content (AvgIpc) is 3.31. The van der Waals surface area contributed by atoms with E-state index >= 15 is 0 Å². The second kappa shape index (κ2) is 9.46. The third kappa shape index (κ3) is 4.53. The van der Waals surface area contributed by atoms with Crippen LogP contribution in [0.5, 0.6) is 5.75 Å². The van der Waals surface area contributed by atoms with E-state index in [-0.39, 0.29) is 17.6 Å². The lowest BCUT2D eigenvalue weighted by molar-refractivity contribution is 0.0774. The van der Waals surface area contributed by atoms with Crippen LogP contribution in [0.25, 0.3) is 16.5 Å². The van der Waals surface area contributed by atoms with E-state index in [1.807, 2.05) is 12.3 Å². The van der Waals surface area contributed by atoms with Gasteiger partial charge in [-0.3, -0.25) is 9.59 Å². The molecule has 0 saturated heterocycles. The minimum absolute atomic E-state index is 0.146. The molecule has 0 spiro atoms. The van der Waals surface area contributed by atoms with E-state index in [1.54, 1.807) is 66.6 Å². The van der Waals surface area contributed by atoms with E-state index in [0.29, 0.717) is 42.1 Å². The van der Waals surface area contributed by atoms with Gasteiger partial charge in [-0.05, 0) is 66.6 Å². The predicted molar refractivity (Wildman–Crippen MR) is 134 cm³/mol. The highest BCUT2D eigenvalue weighted by Crippen LogP contribution is 2.30. The number of nitrogens with zero attached hydrogens (tertiary/aromatic N) is 1. The Bertz CT molecular complexity index is 1440. The van der Waals surface area contributed by atoms with E-state index in [2.05, 4.69) is 10.3 Å². The smallest absolute Gasteiger partial charge is 0.256 e. The number of nitrogens with one attached hydrogen (secondary N) is 2. The van der Waals surface area contributed by atoms with Crippen molar-refractivity contribution in [2.75, 3.05) is 25.5 Å². The second-order valence-corrected chi connectivity index (χ2v) is 8.35. The van der Waals surface area contributed by atoms with Crippen molar-refractivity contribution in [3.63, 3.8) is 0 Å². The van der Waals surface area contributed by atoms with Crippen molar-refractivity contribution >= 4 is 34.0 Å². The molecule has 0 aliphatic carbocycles. The van der Waals surface area contributed by atoms with Crippen molar-refractivity contribution in [2.24, 2.45) is 0 Å². The van der Waals surface area contributed by atoms with Gasteiger partial charge in [-0.1, -0.05) is 18.2 Å².